The molecule has 1 amide bonds. The van der Waals surface area contributed by atoms with E-state index in [1.165, 1.54) is 30.3 Å². The second-order valence-corrected chi connectivity index (χ2v) is 5.36. The summed E-state index contributed by atoms with van der Waals surface area (Å²) in [6.45, 7) is 1.68. The summed E-state index contributed by atoms with van der Waals surface area (Å²) >= 11 is 3.12. The lowest BCUT2D eigenvalue weighted by atomic mass is 10.1. The number of rotatable bonds is 3. The Morgan fingerprint density at radius 3 is 2.43 bits per heavy atom. The Morgan fingerprint density at radius 1 is 1.14 bits per heavy atom. The number of anilines is 1. The highest BCUT2D eigenvalue weighted by Gasteiger charge is 2.11. The molecule has 2 aromatic carbocycles. The molecule has 0 unspecified atom stereocenters. The number of carboxylic acid groups (broad SMARTS) is 1. The highest BCUT2D eigenvalue weighted by molar-refractivity contribution is 9.10. The van der Waals surface area contributed by atoms with E-state index in [9.17, 15) is 14.0 Å². The van der Waals surface area contributed by atoms with Crippen molar-refractivity contribution in [1.82, 2.24) is 0 Å². The van der Waals surface area contributed by atoms with Gasteiger partial charge in [-0.3, -0.25) is 4.79 Å². The predicted molar refractivity (Wildman–Crippen MR) is 80.2 cm³/mol. The Hall–Kier alpha value is -2.21. The number of aryl methyl sites for hydroxylation is 1. The molecule has 21 heavy (non-hydrogen) atoms. The molecule has 0 aliphatic heterocycles. The summed E-state index contributed by atoms with van der Waals surface area (Å²) in [5.41, 5.74) is 1.40. The first-order valence-electron chi connectivity index (χ1n) is 5.98. The molecule has 6 heteroatoms. The van der Waals surface area contributed by atoms with Crippen LogP contribution >= 0.6 is 15.9 Å². The van der Waals surface area contributed by atoms with E-state index in [2.05, 4.69) is 21.2 Å². The maximum atomic E-state index is 13.3. The summed E-state index contributed by atoms with van der Waals surface area (Å²) in [7, 11) is 0. The molecule has 2 N–H and O–H groups in total. The number of carbonyl (C=O) groups excluding carboxylic acids is 1. The zero-order valence-corrected chi connectivity index (χ0v) is 12.6. The first-order chi connectivity index (χ1) is 9.86. The van der Waals surface area contributed by atoms with Crippen LogP contribution in [0, 0.1) is 12.7 Å². The number of carboxylic acids is 1. The molecule has 0 saturated heterocycles. The maximum Gasteiger partial charge on any atom is 0.335 e. The van der Waals surface area contributed by atoms with Gasteiger partial charge < -0.3 is 10.4 Å². The van der Waals surface area contributed by atoms with Crippen molar-refractivity contribution in [2.75, 3.05) is 5.32 Å². The van der Waals surface area contributed by atoms with Crippen LogP contribution in [0.1, 0.15) is 26.3 Å². The molecule has 0 heterocycles. The van der Waals surface area contributed by atoms with E-state index < -0.39 is 17.7 Å². The molecule has 0 bridgehead atoms. The Kier molecular flexibility index (Phi) is 4.37. The van der Waals surface area contributed by atoms with Crippen LogP contribution in [-0.2, 0) is 0 Å². The number of halogens is 2. The molecule has 0 atom stereocenters. The van der Waals surface area contributed by atoms with Gasteiger partial charge in [-0.25, -0.2) is 9.18 Å². The summed E-state index contributed by atoms with van der Waals surface area (Å²) < 4.78 is 13.7. The first kappa shape index (κ1) is 15.2. The molecular weight excluding hydrogens is 341 g/mol. The van der Waals surface area contributed by atoms with Crippen LogP contribution < -0.4 is 5.32 Å². The smallest absolute Gasteiger partial charge is 0.335 e. The topological polar surface area (TPSA) is 66.4 Å². The van der Waals surface area contributed by atoms with E-state index >= 15 is 0 Å². The number of aromatic carboxylic acids is 1. The fourth-order valence-corrected chi connectivity index (χ4v) is 2.28. The number of hydrogen-bond donors (Lipinski definition) is 2. The molecule has 0 aromatic heterocycles. The summed E-state index contributed by atoms with van der Waals surface area (Å²) in [4.78, 5) is 22.9. The monoisotopic (exact) mass is 351 g/mol. The molecule has 2 rings (SSSR count). The predicted octanol–water partition coefficient (Wildman–Crippen LogP) is 3.85. The van der Waals surface area contributed by atoms with E-state index in [-0.39, 0.29) is 11.1 Å². The van der Waals surface area contributed by atoms with E-state index in [1.807, 2.05) is 0 Å². The lowest BCUT2D eigenvalue weighted by Crippen LogP contribution is -2.13. The Morgan fingerprint density at radius 2 is 1.86 bits per heavy atom. The molecule has 0 spiro atoms. The van der Waals surface area contributed by atoms with Gasteiger partial charge in [0.15, 0.2) is 0 Å². The van der Waals surface area contributed by atoms with Crippen LogP contribution in [0.5, 0.6) is 0 Å². The normalized spacial score (nSPS) is 10.2. The fourth-order valence-electron chi connectivity index (χ4n) is 1.82. The van der Waals surface area contributed by atoms with Gasteiger partial charge in [-0.2, -0.15) is 0 Å². The number of hydrogen-bond acceptors (Lipinski definition) is 2. The average Bonchev–Trinajstić information content (AvgIpc) is 2.39. The molecule has 4 nitrogen and oxygen atoms in total. The Bertz CT molecular complexity index is 711. The Labute approximate surface area is 128 Å². The number of benzene rings is 2. The summed E-state index contributed by atoms with van der Waals surface area (Å²) in [5.74, 6) is -2.03. The van der Waals surface area contributed by atoms with E-state index in [1.54, 1.807) is 6.92 Å². The summed E-state index contributed by atoms with van der Waals surface area (Å²) in [6.07, 6.45) is 0. The van der Waals surface area contributed by atoms with Gasteiger partial charge in [-0.15, -0.1) is 0 Å². The molecular formula is C15H11BrFNO3. The first-order valence-corrected chi connectivity index (χ1v) is 6.77. The third kappa shape index (κ3) is 3.66. The van der Waals surface area contributed by atoms with Crippen LogP contribution in [0.15, 0.2) is 40.9 Å². The fraction of sp³-hybridized carbons (Fsp3) is 0.0667. The third-order valence-electron chi connectivity index (χ3n) is 2.85. The van der Waals surface area contributed by atoms with Gasteiger partial charge in [0.1, 0.15) is 5.82 Å². The van der Waals surface area contributed by atoms with Gasteiger partial charge >= 0.3 is 5.97 Å². The van der Waals surface area contributed by atoms with Gasteiger partial charge in [0.25, 0.3) is 5.91 Å². The Balaban J connectivity index is 2.25. The lowest BCUT2D eigenvalue weighted by molar-refractivity contribution is 0.0696. The third-order valence-corrected chi connectivity index (χ3v) is 3.30. The van der Waals surface area contributed by atoms with Gasteiger partial charge in [-0.1, -0.05) is 15.9 Å². The minimum absolute atomic E-state index is 0.138. The van der Waals surface area contributed by atoms with Crippen molar-refractivity contribution in [2.45, 2.75) is 6.92 Å². The standard InChI is InChI=1S/C15H11BrFNO3/c1-8-4-9(15(20)21)2-3-13(8)18-14(19)10-5-11(16)7-12(17)6-10/h2-7H,1H3,(H,18,19)(H,20,21). The van der Waals surface area contributed by atoms with E-state index in [0.717, 1.165) is 6.07 Å². The summed E-state index contributed by atoms with van der Waals surface area (Å²) in [6, 6.07) is 8.24. The van der Waals surface area contributed by atoms with Crippen LogP contribution in [0.3, 0.4) is 0 Å². The molecule has 0 radical (unpaired) electrons. The SMILES string of the molecule is Cc1cc(C(=O)O)ccc1NC(=O)c1cc(F)cc(Br)c1. The molecule has 2 aromatic rings. The number of carbonyl (C=O) groups is 2. The van der Waals surface area contributed by atoms with Gasteiger partial charge in [0, 0.05) is 15.7 Å². The zero-order valence-electron chi connectivity index (χ0n) is 11.0. The minimum atomic E-state index is -1.04. The lowest BCUT2D eigenvalue weighted by Gasteiger charge is -2.09. The maximum absolute atomic E-state index is 13.3. The molecule has 0 aliphatic rings. The van der Waals surface area contributed by atoms with Crippen LogP contribution in [0.4, 0.5) is 10.1 Å². The average molecular weight is 352 g/mol. The highest BCUT2D eigenvalue weighted by Crippen LogP contribution is 2.19. The van der Waals surface area contributed by atoms with Crippen molar-refractivity contribution < 1.29 is 19.1 Å². The highest BCUT2D eigenvalue weighted by atomic mass is 79.9. The number of nitrogens with one attached hydrogen (secondary N) is 1. The second kappa shape index (κ2) is 6.05. The van der Waals surface area contributed by atoms with Crippen LogP contribution in [-0.4, -0.2) is 17.0 Å². The van der Waals surface area contributed by atoms with E-state index in [0.29, 0.717) is 15.7 Å². The van der Waals surface area contributed by atoms with Crippen molar-refractivity contribution in [1.29, 1.82) is 0 Å². The zero-order chi connectivity index (χ0) is 15.6. The largest absolute Gasteiger partial charge is 0.478 e. The molecule has 0 saturated carbocycles. The molecule has 108 valence electrons. The molecule has 0 aliphatic carbocycles. The van der Waals surface area contributed by atoms with E-state index in [4.69, 9.17) is 5.11 Å². The second-order valence-electron chi connectivity index (χ2n) is 4.45. The van der Waals surface area contributed by atoms with Crippen molar-refractivity contribution in [3.8, 4) is 0 Å². The van der Waals surface area contributed by atoms with Gasteiger partial charge in [-0.05, 0) is 48.9 Å². The quantitative estimate of drug-likeness (QED) is 0.882. The van der Waals surface area contributed by atoms with Gasteiger partial charge in [0.05, 0.1) is 5.56 Å². The molecule has 0 fully saturated rings. The minimum Gasteiger partial charge on any atom is -0.478 e. The number of amides is 1. The van der Waals surface area contributed by atoms with Crippen molar-refractivity contribution in [3.63, 3.8) is 0 Å². The summed E-state index contributed by atoms with van der Waals surface area (Å²) in [5, 5.41) is 11.5. The van der Waals surface area contributed by atoms with Crippen molar-refractivity contribution >= 4 is 33.5 Å². The van der Waals surface area contributed by atoms with Crippen molar-refractivity contribution in [2.24, 2.45) is 0 Å². The van der Waals surface area contributed by atoms with Gasteiger partial charge in [0.2, 0.25) is 0 Å². The van der Waals surface area contributed by atoms with Crippen molar-refractivity contribution in [3.05, 3.63) is 63.4 Å². The van der Waals surface area contributed by atoms with Crippen LogP contribution in [0.2, 0.25) is 0 Å². The van der Waals surface area contributed by atoms with Crippen LogP contribution in [0.25, 0.3) is 0 Å².